The molecule has 0 radical (unpaired) electrons. The van der Waals surface area contributed by atoms with Crippen LogP contribution in [0.3, 0.4) is 0 Å². The molecular formula is C80H121Cl2O19PdS2-. The number of halogens is 2. The maximum atomic E-state index is 12.0. The molecule has 7 aromatic rings. The number of ether oxygens (including phenoxy) is 12. The maximum Gasteiger partial charge on any atom is 0.297 e. The summed E-state index contributed by atoms with van der Waals surface area (Å²) in [5, 5.41) is 9.48. The molecule has 0 aliphatic rings. The fourth-order valence-electron chi connectivity index (χ4n) is 8.63. The molecule has 24 heteroatoms. The zero-order valence-electron chi connectivity index (χ0n) is 57.9. The molecule has 0 saturated carbocycles. The van der Waals surface area contributed by atoms with Crippen molar-refractivity contribution in [3.63, 3.8) is 0 Å². The van der Waals surface area contributed by atoms with Crippen LogP contribution in [-0.2, 0) is 115 Å². The van der Waals surface area contributed by atoms with Gasteiger partial charge in [-0.25, -0.2) is 0 Å². The number of alkyl halides is 2. The first-order chi connectivity index (χ1) is 47.3. The molecule has 7 aromatic carbocycles. The summed E-state index contributed by atoms with van der Waals surface area (Å²) >= 11 is 11.0. The number of rotatable bonds is 46. The molecule has 0 heterocycles. The van der Waals surface area contributed by atoms with Crippen LogP contribution >= 0.6 is 23.2 Å². The summed E-state index contributed by atoms with van der Waals surface area (Å²) in [5.74, 6) is 5.49. The van der Waals surface area contributed by atoms with Gasteiger partial charge in [0.25, 0.3) is 20.2 Å². The van der Waals surface area contributed by atoms with Gasteiger partial charge in [-0.05, 0) is 117 Å². The van der Waals surface area contributed by atoms with Crippen LogP contribution in [0, 0.1) is 21.3 Å². The van der Waals surface area contributed by atoms with E-state index in [1.54, 1.807) is 45.6 Å². The third-order valence-corrected chi connectivity index (χ3v) is 17.0. The number of methoxy groups -OCH3 is 3. The fourth-order valence-corrected chi connectivity index (χ4v) is 10.8. The molecule has 0 aliphatic carbocycles. The van der Waals surface area contributed by atoms with Gasteiger partial charge in [0, 0.05) is 69.0 Å². The monoisotopic (exact) mass is 1630 g/mol. The second kappa shape index (κ2) is 65.6. The molecule has 7 rings (SSSR count). The molecular weight excluding hydrogens is 1510 g/mol. The van der Waals surface area contributed by atoms with E-state index in [2.05, 4.69) is 24.3 Å². The Kier molecular flexibility index (Phi) is 66.0. The number of aryl methyl sites for hydroxylation is 2. The van der Waals surface area contributed by atoms with Crippen molar-refractivity contribution in [2.75, 3.05) is 139 Å². The minimum atomic E-state index is -3.79. The van der Waals surface area contributed by atoms with E-state index in [1.165, 1.54) is 24.3 Å². The van der Waals surface area contributed by atoms with Crippen molar-refractivity contribution in [2.45, 2.75) is 119 Å². The Morgan fingerprint density at radius 3 is 1.04 bits per heavy atom. The summed E-state index contributed by atoms with van der Waals surface area (Å²) in [6.45, 7) is 10.8. The van der Waals surface area contributed by atoms with Crippen LogP contribution in [-0.4, -0.2) is 161 Å². The summed E-state index contributed by atoms with van der Waals surface area (Å²) in [6.07, 6.45) is 5.63. The Hall–Kier alpha value is -5.72. The summed E-state index contributed by atoms with van der Waals surface area (Å²) in [4.78, 5) is 0.212. The van der Waals surface area contributed by atoms with Gasteiger partial charge >= 0.3 is 0 Å². The Morgan fingerprint density at radius 1 is 0.365 bits per heavy atom. The summed E-state index contributed by atoms with van der Waals surface area (Å²) in [7, 11) is -2.66. The van der Waals surface area contributed by atoms with Gasteiger partial charge in [0.05, 0.1) is 130 Å². The van der Waals surface area contributed by atoms with Crippen molar-refractivity contribution in [3.05, 3.63) is 216 Å². The molecule has 19 nitrogen and oxygen atoms in total. The summed E-state index contributed by atoms with van der Waals surface area (Å²) in [5.41, 5.74) is 7.07. The standard InChI is InChI=1S/C24H34O7.C22H30O9S2.C20H18O2.C8H16Cl2O.5CH4.CH3.Pd/c1-26-22-7-4-6-19(18-25)20(22)10-12-29-14-16-31-17-15-30-13-11-21-23(27-2)8-5-9-24(21)28-3;1-19-3-7-21(8-4-19)32(23,24)30-17-15-28-13-11-27-12-14-29-16-18-31-33(25,26)22-9-5-20(2)6-10-22;1-3-8-17(9-4-1)15-21-19-12-7-13-20(14-19)22-16-18-10-5-2-6-11-18;9-5-1-3-7-11-8-4-2-6-10;;;;;;;/h4-9,25H,10-18H2,1-3H3;3-10H,11-18H2,1-2H3;1-14H,15-16H2;1-8H2;5*1H4;1H3;/q;;;;;;;;;-1;. The van der Waals surface area contributed by atoms with Crippen molar-refractivity contribution in [1.82, 2.24) is 0 Å². The fraction of sp³-hybridized carbons (Fsp3) is 0.463. The largest absolute Gasteiger partial charge is 0.496 e. The van der Waals surface area contributed by atoms with Gasteiger partial charge in [-0.15, -0.1) is 23.2 Å². The van der Waals surface area contributed by atoms with Gasteiger partial charge in [0.15, 0.2) is 0 Å². The first-order valence-corrected chi connectivity index (χ1v) is 36.1. The molecule has 0 spiro atoms. The average Bonchev–Trinajstić information content (AvgIpc) is 0.947. The van der Waals surface area contributed by atoms with Crippen molar-refractivity contribution >= 4 is 43.4 Å². The molecule has 0 aromatic heterocycles. The SMILES string of the molecule is C.C.C.C.C.COc1cccc(CO)c1CCOCCOCCOCCc1c(OC)cccc1OC.Cc1ccc(S(=O)(=O)OCCOCCOCCOCCOS(=O)(=O)c2ccc(C)cc2)cc1.ClCCCCOCCCCCl.[CH3-].[Pd].c1ccc(COc2cccc(OCc3ccccc3)c2)cc1. The predicted molar refractivity (Wildman–Crippen MR) is 418 cm³/mol. The van der Waals surface area contributed by atoms with Gasteiger partial charge in [-0.1, -0.05) is 157 Å². The number of benzene rings is 7. The quantitative estimate of drug-likeness (QED) is 0.0123. The second-order valence-corrected chi connectivity index (χ2v) is 25.2. The Labute approximate surface area is 649 Å². The molecule has 104 heavy (non-hydrogen) atoms. The molecule has 0 bridgehead atoms. The minimum absolute atomic E-state index is 0. The molecule has 1 N–H and O–H groups in total. The normalized spacial score (nSPS) is 10.3. The second-order valence-electron chi connectivity index (χ2n) is 21.2. The van der Waals surface area contributed by atoms with Crippen LogP contribution < -0.4 is 23.7 Å². The van der Waals surface area contributed by atoms with Gasteiger partial charge in [-0.2, -0.15) is 16.8 Å². The zero-order valence-corrected chi connectivity index (χ0v) is 62.6. The molecule has 0 amide bonds. The average molecular weight is 1630 g/mol. The third kappa shape index (κ3) is 45.7. The third-order valence-electron chi connectivity index (χ3n) is 13.8. The number of unbranched alkanes of at least 4 members (excludes halogenated alkanes) is 2. The molecule has 0 aliphatic heterocycles. The van der Waals surface area contributed by atoms with Crippen molar-refractivity contribution in [1.29, 1.82) is 0 Å². The summed E-state index contributed by atoms with van der Waals surface area (Å²) < 4.78 is 124. The topological polar surface area (TPSA) is 218 Å². The van der Waals surface area contributed by atoms with Crippen molar-refractivity contribution in [3.8, 4) is 28.7 Å². The molecule has 592 valence electrons. The molecule has 0 atom stereocenters. The van der Waals surface area contributed by atoms with Gasteiger partial charge in [0.2, 0.25) is 0 Å². The van der Waals surface area contributed by atoms with E-state index < -0.39 is 20.2 Å². The predicted octanol–water partition coefficient (Wildman–Crippen LogP) is 17.0. The van der Waals surface area contributed by atoms with E-state index in [1.807, 2.05) is 111 Å². The Bertz CT molecular complexity index is 3100. The van der Waals surface area contributed by atoms with Crippen molar-refractivity contribution in [2.24, 2.45) is 0 Å². The molecule has 0 unspecified atom stereocenters. The first-order valence-electron chi connectivity index (χ1n) is 32.2. The van der Waals surface area contributed by atoms with E-state index in [0.29, 0.717) is 78.9 Å². The smallest absolute Gasteiger partial charge is 0.297 e. The van der Waals surface area contributed by atoms with Crippen LogP contribution in [0.5, 0.6) is 28.7 Å². The van der Waals surface area contributed by atoms with Crippen LogP contribution in [0.1, 0.15) is 102 Å². The van der Waals surface area contributed by atoms with Crippen LogP contribution in [0.2, 0.25) is 0 Å². The Balaban J connectivity index is -0.000000659. The number of hydrogen-bond donors (Lipinski definition) is 1. The number of hydrogen-bond acceptors (Lipinski definition) is 19. The van der Waals surface area contributed by atoms with E-state index in [0.717, 1.165) is 118 Å². The first kappa shape index (κ1) is 105. The Morgan fingerprint density at radius 2 is 0.683 bits per heavy atom. The van der Waals surface area contributed by atoms with Gasteiger partial charge < -0.3 is 69.4 Å². The zero-order chi connectivity index (χ0) is 69.9. The van der Waals surface area contributed by atoms with Gasteiger partial charge in [-0.3, -0.25) is 8.37 Å². The minimum Gasteiger partial charge on any atom is -0.496 e. The van der Waals surface area contributed by atoms with Gasteiger partial charge in [0.1, 0.15) is 42.0 Å². The molecule has 0 fully saturated rings. The number of aliphatic hydroxyl groups is 1. The van der Waals surface area contributed by atoms with E-state index in [4.69, 9.17) is 88.4 Å². The van der Waals surface area contributed by atoms with Crippen LogP contribution in [0.4, 0.5) is 0 Å². The van der Waals surface area contributed by atoms with Crippen molar-refractivity contribution < 1.29 is 108 Å². The van der Waals surface area contributed by atoms with E-state index >= 15 is 0 Å². The number of aliphatic hydroxyl groups excluding tert-OH is 1. The summed E-state index contributed by atoms with van der Waals surface area (Å²) in [6, 6.07) is 52.2. The van der Waals surface area contributed by atoms with E-state index in [9.17, 15) is 21.9 Å². The molecule has 0 saturated heterocycles. The van der Waals surface area contributed by atoms with Crippen LogP contribution in [0.15, 0.2) is 180 Å². The van der Waals surface area contributed by atoms with Crippen LogP contribution in [0.25, 0.3) is 0 Å². The maximum absolute atomic E-state index is 12.0. The van der Waals surface area contributed by atoms with E-state index in [-0.39, 0.29) is 121 Å².